The number of halogens is 2. The SMILES string of the molecule is COc1cc2c(Cc3cc(O)c(Cl)cc3F)ncnc2cc1OCc1csc(C)n1. The number of nitrogens with zero attached hydrogens (tertiary/aromatic N) is 3. The molecule has 2 aromatic heterocycles. The molecule has 0 bridgehead atoms. The predicted octanol–water partition coefficient (Wildman–Crippen LogP) is 5.07. The Kier molecular flexibility index (Phi) is 5.69. The van der Waals surface area contributed by atoms with Crippen molar-refractivity contribution in [2.45, 2.75) is 20.0 Å². The predicted molar refractivity (Wildman–Crippen MR) is 113 cm³/mol. The summed E-state index contributed by atoms with van der Waals surface area (Å²) in [6.07, 6.45) is 1.56. The molecule has 1 N–H and O–H groups in total. The van der Waals surface area contributed by atoms with Crippen LogP contribution in [0.5, 0.6) is 17.2 Å². The number of fused-ring (bicyclic) bond motifs is 1. The normalized spacial score (nSPS) is 11.1. The van der Waals surface area contributed by atoms with E-state index in [1.165, 1.54) is 12.4 Å². The lowest BCUT2D eigenvalue weighted by atomic mass is 10.0. The monoisotopic (exact) mass is 445 g/mol. The van der Waals surface area contributed by atoms with Gasteiger partial charge in [-0.25, -0.2) is 19.3 Å². The van der Waals surface area contributed by atoms with Crippen molar-refractivity contribution in [3.05, 3.63) is 68.8 Å². The quantitative estimate of drug-likeness (QED) is 0.446. The minimum Gasteiger partial charge on any atom is -0.506 e. The van der Waals surface area contributed by atoms with Crippen LogP contribution in [0.1, 0.15) is 22.0 Å². The Hall–Kier alpha value is -2.97. The molecule has 4 aromatic rings. The maximum Gasteiger partial charge on any atom is 0.163 e. The molecule has 0 aliphatic rings. The van der Waals surface area contributed by atoms with Gasteiger partial charge in [-0.05, 0) is 30.7 Å². The molecule has 0 saturated heterocycles. The number of hydrogen-bond acceptors (Lipinski definition) is 7. The van der Waals surface area contributed by atoms with E-state index in [9.17, 15) is 9.50 Å². The van der Waals surface area contributed by atoms with Crippen molar-refractivity contribution in [1.82, 2.24) is 15.0 Å². The van der Waals surface area contributed by atoms with E-state index in [0.29, 0.717) is 34.7 Å². The summed E-state index contributed by atoms with van der Waals surface area (Å²) in [5.41, 5.74) is 2.32. The van der Waals surface area contributed by atoms with Gasteiger partial charge in [-0.1, -0.05) is 11.6 Å². The summed E-state index contributed by atoms with van der Waals surface area (Å²) in [7, 11) is 1.54. The van der Waals surface area contributed by atoms with Crippen molar-refractivity contribution in [2.24, 2.45) is 0 Å². The van der Waals surface area contributed by atoms with E-state index in [0.717, 1.165) is 16.8 Å². The number of phenolic OH excluding ortho intramolecular Hbond substituents is 1. The number of thiazole rings is 1. The Bertz CT molecular complexity index is 1230. The molecule has 30 heavy (non-hydrogen) atoms. The highest BCUT2D eigenvalue weighted by Gasteiger charge is 2.15. The average molecular weight is 446 g/mol. The standard InChI is InChI=1S/C21H17ClFN3O3S/c1-11-26-13(9-30-11)8-29-21-7-18-14(5-20(21)28-2)17(24-10-25-18)3-12-4-19(27)15(22)6-16(12)23/h4-7,9-10,27H,3,8H2,1-2H3. The Labute approximate surface area is 180 Å². The van der Waals surface area contributed by atoms with Gasteiger partial charge in [0.05, 0.1) is 34.0 Å². The molecule has 0 saturated carbocycles. The summed E-state index contributed by atoms with van der Waals surface area (Å²) >= 11 is 7.32. The van der Waals surface area contributed by atoms with Crippen molar-refractivity contribution in [3.8, 4) is 17.2 Å². The molecule has 0 radical (unpaired) electrons. The molecule has 0 aliphatic carbocycles. The minimum atomic E-state index is -0.518. The van der Waals surface area contributed by atoms with Crippen LogP contribution in [0, 0.1) is 12.7 Å². The molecular weight excluding hydrogens is 429 g/mol. The zero-order valence-corrected chi connectivity index (χ0v) is 17.7. The second kappa shape index (κ2) is 8.41. The number of aromatic nitrogens is 3. The van der Waals surface area contributed by atoms with Gasteiger partial charge in [0.15, 0.2) is 11.5 Å². The van der Waals surface area contributed by atoms with E-state index in [-0.39, 0.29) is 22.8 Å². The molecule has 0 amide bonds. The van der Waals surface area contributed by atoms with Crippen LogP contribution in [0.3, 0.4) is 0 Å². The summed E-state index contributed by atoms with van der Waals surface area (Å²) in [5.74, 6) is 0.326. The van der Waals surface area contributed by atoms with E-state index in [1.807, 2.05) is 12.3 Å². The number of hydrogen-bond donors (Lipinski definition) is 1. The summed E-state index contributed by atoms with van der Waals surface area (Å²) in [6, 6.07) is 5.91. The topological polar surface area (TPSA) is 77.4 Å². The highest BCUT2D eigenvalue weighted by Crippen LogP contribution is 2.34. The van der Waals surface area contributed by atoms with Crippen LogP contribution in [0.15, 0.2) is 36.0 Å². The zero-order chi connectivity index (χ0) is 21.3. The number of phenols is 1. The first-order chi connectivity index (χ1) is 14.4. The molecule has 154 valence electrons. The molecule has 4 rings (SSSR count). The fourth-order valence-corrected chi connectivity index (χ4v) is 3.80. The molecule has 6 nitrogen and oxygen atoms in total. The summed E-state index contributed by atoms with van der Waals surface area (Å²) in [4.78, 5) is 13.0. The Morgan fingerprint density at radius 1 is 1.17 bits per heavy atom. The van der Waals surface area contributed by atoms with Crippen LogP contribution in [0.25, 0.3) is 10.9 Å². The fourth-order valence-electron chi connectivity index (χ4n) is 3.05. The van der Waals surface area contributed by atoms with Gasteiger partial charge < -0.3 is 14.6 Å². The number of aryl methyl sites for hydroxylation is 1. The molecule has 0 atom stereocenters. The van der Waals surface area contributed by atoms with E-state index in [1.54, 1.807) is 30.6 Å². The fraction of sp³-hybridized carbons (Fsp3) is 0.190. The molecule has 2 aromatic carbocycles. The van der Waals surface area contributed by atoms with Gasteiger partial charge in [-0.15, -0.1) is 11.3 Å². The van der Waals surface area contributed by atoms with Gasteiger partial charge in [0.1, 0.15) is 24.5 Å². The first-order valence-electron chi connectivity index (χ1n) is 8.97. The highest BCUT2D eigenvalue weighted by molar-refractivity contribution is 7.09. The van der Waals surface area contributed by atoms with Crippen LogP contribution in [-0.2, 0) is 13.0 Å². The molecular formula is C21H17ClFN3O3S. The lowest BCUT2D eigenvalue weighted by Crippen LogP contribution is -2.01. The van der Waals surface area contributed by atoms with Crippen LogP contribution in [0.2, 0.25) is 5.02 Å². The van der Waals surface area contributed by atoms with Gasteiger partial charge in [0.25, 0.3) is 0 Å². The number of benzene rings is 2. The number of rotatable bonds is 6. The van der Waals surface area contributed by atoms with Gasteiger partial charge in [0, 0.05) is 23.3 Å². The average Bonchev–Trinajstić information content (AvgIpc) is 3.15. The van der Waals surface area contributed by atoms with Gasteiger partial charge in [-0.3, -0.25) is 0 Å². The second-order valence-electron chi connectivity index (χ2n) is 6.56. The first-order valence-corrected chi connectivity index (χ1v) is 10.2. The van der Waals surface area contributed by atoms with Crippen LogP contribution >= 0.6 is 22.9 Å². The molecule has 0 unspecified atom stereocenters. The van der Waals surface area contributed by atoms with Crippen molar-refractivity contribution < 1.29 is 19.0 Å². The summed E-state index contributed by atoms with van der Waals surface area (Å²) < 4.78 is 25.7. The molecule has 2 heterocycles. The van der Waals surface area contributed by atoms with Crippen molar-refractivity contribution >= 4 is 33.8 Å². The van der Waals surface area contributed by atoms with Crippen molar-refractivity contribution in [2.75, 3.05) is 7.11 Å². The smallest absolute Gasteiger partial charge is 0.163 e. The number of methoxy groups -OCH3 is 1. The maximum atomic E-state index is 14.3. The third-order valence-corrected chi connectivity index (χ3v) is 5.64. The van der Waals surface area contributed by atoms with Crippen molar-refractivity contribution in [1.29, 1.82) is 0 Å². The van der Waals surface area contributed by atoms with Gasteiger partial charge in [-0.2, -0.15) is 0 Å². The third kappa shape index (κ3) is 4.15. The van der Waals surface area contributed by atoms with Crippen molar-refractivity contribution in [3.63, 3.8) is 0 Å². The largest absolute Gasteiger partial charge is 0.506 e. The van der Waals surface area contributed by atoms with E-state index < -0.39 is 5.82 Å². The van der Waals surface area contributed by atoms with E-state index in [4.69, 9.17) is 21.1 Å². The third-order valence-electron chi connectivity index (χ3n) is 4.52. The molecule has 9 heteroatoms. The summed E-state index contributed by atoms with van der Waals surface area (Å²) in [6.45, 7) is 2.24. The van der Waals surface area contributed by atoms with Crippen LogP contribution in [0.4, 0.5) is 4.39 Å². The lowest BCUT2D eigenvalue weighted by Gasteiger charge is -2.13. The minimum absolute atomic E-state index is 0.0393. The van der Waals surface area contributed by atoms with Crippen LogP contribution in [-0.4, -0.2) is 27.2 Å². The van der Waals surface area contributed by atoms with Crippen LogP contribution < -0.4 is 9.47 Å². The second-order valence-corrected chi connectivity index (χ2v) is 8.03. The number of ether oxygens (including phenoxy) is 2. The van der Waals surface area contributed by atoms with Gasteiger partial charge in [0.2, 0.25) is 0 Å². The Balaban J connectivity index is 1.68. The van der Waals surface area contributed by atoms with Gasteiger partial charge >= 0.3 is 0 Å². The molecule has 0 fully saturated rings. The molecule has 0 aliphatic heterocycles. The first kappa shape index (κ1) is 20.3. The van der Waals surface area contributed by atoms with E-state index >= 15 is 0 Å². The zero-order valence-electron chi connectivity index (χ0n) is 16.1. The Morgan fingerprint density at radius 3 is 2.73 bits per heavy atom. The lowest BCUT2D eigenvalue weighted by molar-refractivity contribution is 0.281. The number of aromatic hydroxyl groups is 1. The summed E-state index contributed by atoms with van der Waals surface area (Å²) in [5, 5.41) is 13.4. The Morgan fingerprint density at radius 2 is 2.00 bits per heavy atom. The molecule has 0 spiro atoms. The maximum absolute atomic E-state index is 14.3. The highest BCUT2D eigenvalue weighted by atomic mass is 35.5. The van der Waals surface area contributed by atoms with E-state index in [2.05, 4.69) is 15.0 Å².